The van der Waals surface area contributed by atoms with Gasteiger partial charge < -0.3 is 15.4 Å². The molecule has 1 saturated heterocycles. The van der Waals surface area contributed by atoms with Crippen LogP contribution in [-0.2, 0) is 4.79 Å². The fourth-order valence-electron chi connectivity index (χ4n) is 2.77. The number of nitrogens with zero attached hydrogens (tertiary/aromatic N) is 1. The number of benzene rings is 1. The smallest absolute Gasteiger partial charge is 0.263 e. The number of carbonyl (C=O) groups excluding carboxylic acids is 1. The average molecular weight is 327 g/mol. The van der Waals surface area contributed by atoms with Crippen molar-refractivity contribution in [3.05, 3.63) is 29.8 Å². The number of ether oxygens (including phenoxy) is 1. The Morgan fingerprint density at radius 2 is 1.77 bits per heavy atom. The lowest BCUT2D eigenvalue weighted by Gasteiger charge is -2.35. The van der Waals surface area contributed by atoms with Crippen LogP contribution in [0.3, 0.4) is 0 Å². The number of likely N-dealkylation sites (tertiary alicyclic amines) is 1. The Hall–Kier alpha value is -1.26. The van der Waals surface area contributed by atoms with Crippen molar-refractivity contribution >= 4 is 18.3 Å². The first kappa shape index (κ1) is 18.8. The quantitative estimate of drug-likeness (QED) is 0.925. The number of nitrogens with two attached hydrogens (primary N) is 1. The Balaban J connectivity index is 0.00000242. The van der Waals surface area contributed by atoms with Gasteiger partial charge in [0.25, 0.3) is 5.91 Å². The Morgan fingerprint density at radius 3 is 2.27 bits per heavy atom. The maximum Gasteiger partial charge on any atom is 0.263 e. The monoisotopic (exact) mass is 326 g/mol. The molecule has 1 amide bonds. The van der Waals surface area contributed by atoms with Crippen LogP contribution in [0.1, 0.15) is 32.3 Å². The topological polar surface area (TPSA) is 55.6 Å². The van der Waals surface area contributed by atoms with Crippen LogP contribution in [0.15, 0.2) is 24.3 Å². The van der Waals surface area contributed by atoms with E-state index in [0.29, 0.717) is 5.92 Å². The number of carbonyl (C=O) groups is 1. The fraction of sp³-hybridized carbons (Fsp3) is 0.588. The van der Waals surface area contributed by atoms with Gasteiger partial charge in [0.2, 0.25) is 0 Å². The summed E-state index contributed by atoms with van der Waals surface area (Å²) in [5, 5.41) is 0. The van der Waals surface area contributed by atoms with E-state index in [2.05, 4.69) is 0 Å². The second kappa shape index (κ2) is 8.39. The van der Waals surface area contributed by atoms with Crippen LogP contribution in [0, 0.1) is 12.8 Å². The third-order valence-electron chi connectivity index (χ3n) is 4.28. The number of piperidine rings is 1. The van der Waals surface area contributed by atoms with Crippen LogP contribution >= 0.6 is 12.4 Å². The van der Waals surface area contributed by atoms with Crippen molar-refractivity contribution in [2.75, 3.05) is 13.1 Å². The highest BCUT2D eigenvalue weighted by Gasteiger charge is 2.28. The van der Waals surface area contributed by atoms with E-state index < -0.39 is 6.10 Å². The number of rotatable bonds is 4. The molecule has 1 aromatic rings. The van der Waals surface area contributed by atoms with E-state index in [1.165, 1.54) is 5.56 Å². The van der Waals surface area contributed by atoms with Gasteiger partial charge in [-0.25, -0.2) is 0 Å². The second-order valence-electron chi connectivity index (χ2n) is 6.09. The van der Waals surface area contributed by atoms with Crippen molar-refractivity contribution in [3.8, 4) is 5.75 Å². The molecule has 5 heteroatoms. The van der Waals surface area contributed by atoms with Crippen molar-refractivity contribution in [1.82, 2.24) is 4.90 Å². The molecule has 1 aliphatic rings. The summed E-state index contributed by atoms with van der Waals surface area (Å²) in [4.78, 5) is 14.3. The summed E-state index contributed by atoms with van der Waals surface area (Å²) in [6, 6.07) is 7.99. The van der Waals surface area contributed by atoms with Gasteiger partial charge in [-0.1, -0.05) is 17.7 Å². The highest BCUT2D eigenvalue weighted by Crippen LogP contribution is 2.21. The van der Waals surface area contributed by atoms with Gasteiger partial charge in [-0.15, -0.1) is 12.4 Å². The maximum atomic E-state index is 12.4. The molecule has 2 N–H and O–H groups in total. The first-order valence-corrected chi connectivity index (χ1v) is 7.75. The lowest BCUT2D eigenvalue weighted by molar-refractivity contribution is -0.139. The zero-order valence-corrected chi connectivity index (χ0v) is 14.4. The minimum Gasteiger partial charge on any atom is -0.481 e. The molecule has 0 aliphatic carbocycles. The molecule has 0 aromatic heterocycles. The summed E-state index contributed by atoms with van der Waals surface area (Å²) < 4.78 is 5.74. The summed E-state index contributed by atoms with van der Waals surface area (Å²) >= 11 is 0. The lowest BCUT2D eigenvalue weighted by Crippen LogP contribution is -2.46. The fourth-order valence-corrected chi connectivity index (χ4v) is 2.77. The van der Waals surface area contributed by atoms with Crippen LogP contribution in [0.25, 0.3) is 0 Å². The summed E-state index contributed by atoms with van der Waals surface area (Å²) in [6.07, 6.45) is 1.53. The molecule has 124 valence electrons. The van der Waals surface area contributed by atoms with E-state index in [1.54, 1.807) is 0 Å². The normalized spacial score (nSPS) is 18.3. The molecule has 2 unspecified atom stereocenters. The zero-order chi connectivity index (χ0) is 15.4. The first-order valence-electron chi connectivity index (χ1n) is 7.75. The number of amides is 1. The highest BCUT2D eigenvalue weighted by atomic mass is 35.5. The lowest BCUT2D eigenvalue weighted by atomic mass is 9.91. The van der Waals surface area contributed by atoms with Crippen molar-refractivity contribution in [2.24, 2.45) is 11.7 Å². The minimum absolute atomic E-state index is 0. The van der Waals surface area contributed by atoms with Crippen molar-refractivity contribution in [3.63, 3.8) is 0 Å². The predicted octanol–water partition coefficient (Wildman–Crippen LogP) is 2.77. The van der Waals surface area contributed by atoms with Crippen molar-refractivity contribution in [2.45, 2.75) is 45.8 Å². The predicted molar refractivity (Wildman–Crippen MR) is 91.5 cm³/mol. The van der Waals surface area contributed by atoms with E-state index in [0.717, 1.165) is 31.7 Å². The Kier molecular flexibility index (Phi) is 7.17. The van der Waals surface area contributed by atoms with Gasteiger partial charge in [0.15, 0.2) is 6.10 Å². The summed E-state index contributed by atoms with van der Waals surface area (Å²) in [5.41, 5.74) is 7.11. The molecule has 1 aliphatic heterocycles. The molecule has 1 aromatic carbocycles. The van der Waals surface area contributed by atoms with E-state index in [1.807, 2.05) is 49.9 Å². The molecule has 0 bridgehead atoms. The van der Waals surface area contributed by atoms with E-state index >= 15 is 0 Å². The summed E-state index contributed by atoms with van der Waals surface area (Å²) in [6.45, 7) is 7.46. The summed E-state index contributed by atoms with van der Waals surface area (Å²) in [7, 11) is 0. The molecule has 2 rings (SSSR count). The Morgan fingerprint density at radius 1 is 1.23 bits per heavy atom. The molecule has 0 radical (unpaired) electrons. The van der Waals surface area contributed by atoms with Crippen LogP contribution in [0.4, 0.5) is 0 Å². The van der Waals surface area contributed by atoms with Gasteiger partial charge in [0, 0.05) is 19.1 Å². The van der Waals surface area contributed by atoms with Gasteiger partial charge in [0.05, 0.1) is 0 Å². The molecule has 2 atom stereocenters. The minimum atomic E-state index is -0.445. The van der Waals surface area contributed by atoms with Gasteiger partial charge >= 0.3 is 0 Å². The van der Waals surface area contributed by atoms with Crippen molar-refractivity contribution < 1.29 is 9.53 Å². The summed E-state index contributed by atoms with van der Waals surface area (Å²) in [5.74, 6) is 1.34. The van der Waals surface area contributed by atoms with E-state index in [4.69, 9.17) is 10.5 Å². The first-order chi connectivity index (χ1) is 9.97. The molecule has 1 fully saturated rings. The van der Waals surface area contributed by atoms with Crippen LogP contribution in [0.2, 0.25) is 0 Å². The molecule has 0 spiro atoms. The number of halogens is 1. The van der Waals surface area contributed by atoms with Crippen LogP contribution in [-0.4, -0.2) is 36.0 Å². The molecule has 1 heterocycles. The van der Waals surface area contributed by atoms with E-state index in [-0.39, 0.29) is 24.4 Å². The molecular weight excluding hydrogens is 300 g/mol. The molecular formula is C17H27ClN2O2. The zero-order valence-electron chi connectivity index (χ0n) is 13.6. The third-order valence-corrected chi connectivity index (χ3v) is 4.28. The third kappa shape index (κ3) is 4.89. The Labute approximate surface area is 139 Å². The van der Waals surface area contributed by atoms with Gasteiger partial charge in [-0.3, -0.25) is 4.79 Å². The Bertz CT molecular complexity index is 468. The highest BCUT2D eigenvalue weighted by molar-refractivity contribution is 5.85. The van der Waals surface area contributed by atoms with Crippen LogP contribution in [0.5, 0.6) is 5.75 Å². The number of hydrogen-bond acceptors (Lipinski definition) is 3. The second-order valence-corrected chi connectivity index (χ2v) is 6.09. The van der Waals surface area contributed by atoms with Gasteiger partial charge in [-0.2, -0.15) is 0 Å². The number of aryl methyl sites for hydroxylation is 1. The standard InChI is InChI=1S/C17H26N2O2.ClH/c1-12-4-6-16(7-5-12)21-14(3)17(20)19-10-8-15(9-11-19)13(2)18;/h4-7,13-15H,8-11,18H2,1-3H3;1H. The van der Waals surface area contributed by atoms with Gasteiger partial charge in [0.1, 0.15) is 5.75 Å². The largest absolute Gasteiger partial charge is 0.481 e. The van der Waals surface area contributed by atoms with Crippen molar-refractivity contribution in [1.29, 1.82) is 0 Å². The van der Waals surface area contributed by atoms with E-state index in [9.17, 15) is 4.79 Å². The average Bonchev–Trinajstić information content (AvgIpc) is 2.49. The molecule has 0 saturated carbocycles. The molecule has 4 nitrogen and oxygen atoms in total. The molecule has 22 heavy (non-hydrogen) atoms. The van der Waals surface area contributed by atoms with Crippen LogP contribution < -0.4 is 10.5 Å². The number of hydrogen-bond donors (Lipinski definition) is 1. The SMILES string of the molecule is Cc1ccc(OC(C)C(=O)N2CCC(C(C)N)CC2)cc1.Cl. The maximum absolute atomic E-state index is 12.4. The van der Waals surface area contributed by atoms with Gasteiger partial charge in [-0.05, 0) is 51.7 Å².